The highest BCUT2D eigenvalue weighted by Crippen LogP contribution is 2.40. The van der Waals surface area contributed by atoms with Crippen molar-refractivity contribution in [1.29, 1.82) is 0 Å². The Morgan fingerprint density at radius 2 is 1.76 bits per heavy atom. The van der Waals surface area contributed by atoms with Crippen molar-refractivity contribution in [2.45, 2.75) is 38.6 Å². The first-order chi connectivity index (χ1) is 24.1. The van der Waals surface area contributed by atoms with Crippen LogP contribution in [-0.2, 0) is 6.42 Å². The summed E-state index contributed by atoms with van der Waals surface area (Å²) in [5.41, 5.74) is 5.31. The predicted molar refractivity (Wildman–Crippen MR) is 197 cm³/mol. The van der Waals surface area contributed by atoms with Crippen molar-refractivity contribution in [2.24, 2.45) is 0 Å². The van der Waals surface area contributed by atoms with Gasteiger partial charge in [-0.25, -0.2) is 4.98 Å². The number of nitrogens with zero attached hydrogens (tertiary/aromatic N) is 8. The Labute approximate surface area is 295 Å². The van der Waals surface area contributed by atoms with Crippen molar-refractivity contribution < 1.29 is 17.9 Å². The fourth-order valence-electron chi connectivity index (χ4n) is 6.64. The molecule has 2 saturated heterocycles. The average molecular weight is 709 g/mol. The van der Waals surface area contributed by atoms with E-state index < -0.39 is 6.36 Å². The Balaban J connectivity index is 1.29. The largest absolute Gasteiger partial charge is 0.573 e. The van der Waals surface area contributed by atoms with Crippen LogP contribution in [0.1, 0.15) is 30.9 Å². The van der Waals surface area contributed by atoms with E-state index in [2.05, 4.69) is 63.6 Å². The van der Waals surface area contributed by atoms with Crippen molar-refractivity contribution in [2.75, 3.05) is 79.5 Å². The van der Waals surface area contributed by atoms with E-state index in [0.717, 1.165) is 74.6 Å². The minimum atomic E-state index is -4.89. The second-order valence-electron chi connectivity index (χ2n) is 12.5. The number of halogens is 3. The molecule has 4 heterocycles. The van der Waals surface area contributed by atoms with Crippen LogP contribution in [0.5, 0.6) is 5.75 Å². The van der Waals surface area contributed by atoms with Gasteiger partial charge in [-0.1, -0.05) is 31.5 Å². The third-order valence-electron chi connectivity index (χ3n) is 9.39. The standard InChI is InChI=1S/C35H43F3N10OS/c1-6-23-20-28(30(49-35(36,37)38)21-29(23)48-14-10-25(11-15-48)47-18-16-45(3)17-19-47)43-34-41-22-24(7-2)33(44-34)42-27-9-8-26-31(40-13-12-39-26)32(27)46(4)50-5/h7-9,12-13,20-22,25H,2,6,10-11,14-19H2,1,3-5H3,(H2,41,42,43,44). The fourth-order valence-corrected chi connectivity index (χ4v) is 7.01. The van der Waals surface area contributed by atoms with Gasteiger partial charge in [0.2, 0.25) is 5.95 Å². The maximum Gasteiger partial charge on any atom is 0.573 e. The van der Waals surface area contributed by atoms with Crippen molar-refractivity contribution in [3.8, 4) is 5.75 Å². The Morgan fingerprint density at radius 1 is 1.02 bits per heavy atom. The molecule has 6 rings (SSSR count). The summed E-state index contributed by atoms with van der Waals surface area (Å²) in [6, 6.07) is 7.45. The molecule has 2 aliphatic rings. The van der Waals surface area contributed by atoms with E-state index in [-0.39, 0.29) is 17.4 Å². The Kier molecular flexibility index (Phi) is 10.8. The monoisotopic (exact) mass is 708 g/mol. The molecule has 2 N–H and O–H groups in total. The van der Waals surface area contributed by atoms with Crippen LogP contribution in [0.15, 0.2) is 49.4 Å². The van der Waals surface area contributed by atoms with Gasteiger partial charge in [0.05, 0.1) is 22.6 Å². The zero-order valence-electron chi connectivity index (χ0n) is 28.8. The molecule has 0 spiro atoms. The summed E-state index contributed by atoms with van der Waals surface area (Å²) in [7, 11) is 4.07. The van der Waals surface area contributed by atoms with E-state index in [9.17, 15) is 13.2 Å². The summed E-state index contributed by atoms with van der Waals surface area (Å²) in [5, 5.41) is 6.40. The van der Waals surface area contributed by atoms with Crippen LogP contribution in [0.3, 0.4) is 0 Å². The van der Waals surface area contributed by atoms with Crippen LogP contribution in [0, 0.1) is 0 Å². The number of piperidine rings is 1. The number of rotatable bonds is 11. The van der Waals surface area contributed by atoms with Gasteiger partial charge in [0.15, 0.2) is 5.75 Å². The van der Waals surface area contributed by atoms with Gasteiger partial charge in [-0.3, -0.25) is 14.9 Å². The number of hydrogen-bond donors (Lipinski definition) is 2. The summed E-state index contributed by atoms with van der Waals surface area (Å²) in [6.07, 6.45) is 6.05. The second-order valence-corrected chi connectivity index (χ2v) is 13.4. The number of fused-ring (bicyclic) bond motifs is 1. The topological polar surface area (TPSA) is 97.8 Å². The van der Waals surface area contributed by atoms with E-state index in [0.29, 0.717) is 35.0 Å². The molecule has 0 aliphatic carbocycles. The van der Waals surface area contributed by atoms with Gasteiger partial charge in [-0.2, -0.15) is 4.98 Å². The summed E-state index contributed by atoms with van der Waals surface area (Å²) < 4.78 is 48.0. The number of nitrogens with one attached hydrogen (secondary N) is 2. The van der Waals surface area contributed by atoms with E-state index >= 15 is 0 Å². The summed E-state index contributed by atoms with van der Waals surface area (Å²) in [5.74, 6) is 0.160. The van der Waals surface area contributed by atoms with E-state index in [1.165, 1.54) is 18.0 Å². The van der Waals surface area contributed by atoms with Gasteiger partial charge in [0.25, 0.3) is 0 Å². The molecule has 0 amide bonds. The van der Waals surface area contributed by atoms with Gasteiger partial charge in [-0.05, 0) is 50.1 Å². The third kappa shape index (κ3) is 8.00. The van der Waals surface area contributed by atoms with Gasteiger partial charge in [-0.15, -0.1) is 13.2 Å². The quantitative estimate of drug-likeness (QED) is 0.158. The van der Waals surface area contributed by atoms with Gasteiger partial charge >= 0.3 is 6.36 Å². The number of alkyl halides is 3. The van der Waals surface area contributed by atoms with Crippen LogP contribution in [0.2, 0.25) is 0 Å². The molecule has 0 unspecified atom stereocenters. The molecule has 2 aliphatic heterocycles. The van der Waals surface area contributed by atoms with Gasteiger partial charge in [0.1, 0.15) is 11.3 Å². The molecule has 2 fully saturated rings. The molecule has 0 saturated carbocycles. The van der Waals surface area contributed by atoms with E-state index in [4.69, 9.17) is 0 Å². The van der Waals surface area contributed by atoms with Gasteiger partial charge < -0.3 is 29.5 Å². The van der Waals surface area contributed by atoms with Crippen molar-refractivity contribution in [3.63, 3.8) is 0 Å². The van der Waals surface area contributed by atoms with Crippen LogP contribution in [0.25, 0.3) is 17.1 Å². The minimum absolute atomic E-state index is 0.0910. The first-order valence-corrected chi connectivity index (χ1v) is 17.9. The second kappa shape index (κ2) is 15.3. The maximum atomic E-state index is 13.8. The van der Waals surface area contributed by atoms with Crippen LogP contribution >= 0.6 is 11.9 Å². The first-order valence-electron chi connectivity index (χ1n) is 16.7. The molecule has 0 atom stereocenters. The van der Waals surface area contributed by atoms with E-state index in [1.807, 2.05) is 36.7 Å². The first kappa shape index (κ1) is 35.5. The SMILES string of the molecule is C=Cc1cnc(Nc2cc(CC)c(N3CCC(N4CCN(C)CC4)CC3)cc2OC(F)(F)F)nc1Nc1ccc2nccnc2c1N(C)SC. The number of hydrogen-bond acceptors (Lipinski definition) is 12. The Bertz CT molecular complexity index is 1810. The maximum absolute atomic E-state index is 13.8. The van der Waals surface area contributed by atoms with Crippen molar-refractivity contribution in [1.82, 2.24) is 29.7 Å². The van der Waals surface area contributed by atoms with Gasteiger partial charge in [0, 0.05) is 94.5 Å². The molecule has 4 aromatic rings. The highest BCUT2D eigenvalue weighted by molar-refractivity contribution is 7.99. The molecule has 266 valence electrons. The lowest BCUT2D eigenvalue weighted by molar-refractivity contribution is -0.274. The smallest absolute Gasteiger partial charge is 0.403 e. The molecule has 0 radical (unpaired) electrons. The lowest BCUT2D eigenvalue weighted by Gasteiger charge is -2.43. The van der Waals surface area contributed by atoms with Crippen LogP contribution < -0.4 is 24.6 Å². The number of ether oxygens (including phenoxy) is 1. The molecule has 50 heavy (non-hydrogen) atoms. The molecule has 15 heteroatoms. The highest BCUT2D eigenvalue weighted by atomic mass is 32.2. The minimum Gasteiger partial charge on any atom is -0.403 e. The van der Waals surface area contributed by atoms with Crippen molar-refractivity contribution >= 4 is 63.6 Å². The number of likely N-dealkylation sites (N-methyl/N-ethyl adjacent to an activating group) is 1. The lowest BCUT2D eigenvalue weighted by atomic mass is 9.99. The zero-order chi connectivity index (χ0) is 35.4. The lowest BCUT2D eigenvalue weighted by Crippen LogP contribution is -2.52. The molecule has 11 nitrogen and oxygen atoms in total. The fraction of sp³-hybridized carbons (Fsp3) is 0.429. The molecular formula is C35H43F3N10OS. The van der Waals surface area contributed by atoms with Crippen molar-refractivity contribution in [3.05, 3.63) is 60.6 Å². The van der Waals surface area contributed by atoms with Crippen LogP contribution in [-0.4, -0.2) is 102 Å². The number of anilines is 6. The Morgan fingerprint density at radius 3 is 2.44 bits per heavy atom. The third-order valence-corrected chi connectivity index (χ3v) is 10.1. The summed E-state index contributed by atoms with van der Waals surface area (Å²) in [4.78, 5) is 25.2. The van der Waals surface area contributed by atoms with E-state index in [1.54, 1.807) is 30.7 Å². The van der Waals surface area contributed by atoms with Crippen LogP contribution in [0.4, 0.5) is 47.7 Å². The molecule has 0 bridgehead atoms. The highest BCUT2D eigenvalue weighted by Gasteiger charge is 2.34. The summed E-state index contributed by atoms with van der Waals surface area (Å²) >= 11 is 1.51. The summed E-state index contributed by atoms with van der Waals surface area (Å²) in [6.45, 7) is 11.6. The number of aryl methyl sites for hydroxylation is 1. The number of aromatic nitrogens is 4. The normalized spacial score (nSPS) is 16.4. The molecule has 2 aromatic carbocycles. The predicted octanol–water partition coefficient (Wildman–Crippen LogP) is 6.94. The zero-order valence-corrected chi connectivity index (χ0v) is 29.6. The average Bonchev–Trinajstić information content (AvgIpc) is 3.11. The molecule has 2 aromatic heterocycles. The molecular weight excluding hydrogens is 666 g/mol. The number of benzene rings is 2. The Hall–Kier alpha value is -4.34. The number of piperazine rings is 1.